The van der Waals surface area contributed by atoms with E-state index >= 15 is 0 Å². The molecule has 0 aliphatic heterocycles. The lowest BCUT2D eigenvalue weighted by Gasteiger charge is -2.31. The lowest BCUT2D eigenvalue weighted by atomic mass is 9.86. The molecule has 0 unspecified atom stereocenters. The fourth-order valence-electron chi connectivity index (χ4n) is 2.77. The Balaban J connectivity index is 2.24. The molecular weight excluding hydrogens is 182 g/mol. The van der Waals surface area contributed by atoms with Crippen molar-refractivity contribution in [3.05, 3.63) is 0 Å². The van der Waals surface area contributed by atoms with E-state index in [0.717, 1.165) is 18.0 Å². The normalized spacial score (nSPS) is 27.2. The van der Waals surface area contributed by atoms with Gasteiger partial charge in [0.2, 0.25) is 0 Å². The monoisotopic (exact) mass is 211 g/mol. The lowest BCUT2D eigenvalue weighted by Crippen LogP contribution is -2.40. The van der Waals surface area contributed by atoms with E-state index in [9.17, 15) is 0 Å². The van der Waals surface area contributed by atoms with Gasteiger partial charge in [-0.3, -0.25) is 0 Å². The van der Waals surface area contributed by atoms with E-state index in [0.29, 0.717) is 0 Å². The zero-order chi connectivity index (χ0) is 11.1. The summed E-state index contributed by atoms with van der Waals surface area (Å²) in [7, 11) is 0. The zero-order valence-electron chi connectivity index (χ0n) is 10.9. The standard InChI is InChI=1S/C14H29N/c1-4-6-13(7-5-2)15-14-10-8-12(3)9-11-14/h12-15H,4-11H2,1-3H3. The Morgan fingerprint density at radius 3 is 2.00 bits per heavy atom. The maximum absolute atomic E-state index is 3.88. The molecule has 0 amide bonds. The summed E-state index contributed by atoms with van der Waals surface area (Å²) < 4.78 is 0. The van der Waals surface area contributed by atoms with Crippen LogP contribution in [0.5, 0.6) is 0 Å². The van der Waals surface area contributed by atoms with E-state index in [4.69, 9.17) is 0 Å². The summed E-state index contributed by atoms with van der Waals surface area (Å²) in [4.78, 5) is 0. The van der Waals surface area contributed by atoms with Crippen LogP contribution in [0.2, 0.25) is 0 Å². The van der Waals surface area contributed by atoms with E-state index in [1.165, 1.54) is 51.4 Å². The molecule has 0 spiro atoms. The molecule has 1 aliphatic rings. The van der Waals surface area contributed by atoms with Crippen LogP contribution in [-0.2, 0) is 0 Å². The molecule has 1 saturated carbocycles. The van der Waals surface area contributed by atoms with Gasteiger partial charge in [0.1, 0.15) is 0 Å². The number of hydrogen-bond acceptors (Lipinski definition) is 1. The smallest absolute Gasteiger partial charge is 0.00698 e. The summed E-state index contributed by atoms with van der Waals surface area (Å²) in [6, 6.07) is 1.61. The number of rotatable bonds is 6. The summed E-state index contributed by atoms with van der Waals surface area (Å²) in [6.07, 6.45) is 11.0. The van der Waals surface area contributed by atoms with E-state index in [1.54, 1.807) is 0 Å². The number of nitrogens with one attached hydrogen (secondary N) is 1. The van der Waals surface area contributed by atoms with Crippen molar-refractivity contribution >= 4 is 0 Å². The Morgan fingerprint density at radius 2 is 1.53 bits per heavy atom. The first-order chi connectivity index (χ1) is 7.26. The molecule has 0 bridgehead atoms. The van der Waals surface area contributed by atoms with Crippen LogP contribution in [-0.4, -0.2) is 12.1 Å². The average Bonchev–Trinajstić information content (AvgIpc) is 2.22. The largest absolute Gasteiger partial charge is 0.311 e. The zero-order valence-corrected chi connectivity index (χ0v) is 10.9. The third-order valence-electron chi connectivity index (χ3n) is 3.76. The van der Waals surface area contributed by atoms with E-state index < -0.39 is 0 Å². The van der Waals surface area contributed by atoms with Crippen LogP contribution in [0.15, 0.2) is 0 Å². The van der Waals surface area contributed by atoms with Crippen LogP contribution in [0, 0.1) is 5.92 Å². The van der Waals surface area contributed by atoms with Crippen molar-refractivity contribution in [3.63, 3.8) is 0 Å². The molecule has 0 atom stereocenters. The molecule has 0 aromatic carbocycles. The molecule has 0 aromatic rings. The Morgan fingerprint density at radius 1 is 1.00 bits per heavy atom. The van der Waals surface area contributed by atoms with Gasteiger partial charge in [-0.25, -0.2) is 0 Å². The Bertz CT molecular complexity index is 141. The first kappa shape index (κ1) is 13.0. The van der Waals surface area contributed by atoms with Crippen LogP contribution < -0.4 is 5.32 Å². The molecule has 1 rings (SSSR count). The Labute approximate surface area is 96.0 Å². The molecule has 0 radical (unpaired) electrons. The van der Waals surface area contributed by atoms with Gasteiger partial charge in [0, 0.05) is 12.1 Å². The van der Waals surface area contributed by atoms with Crippen molar-refractivity contribution < 1.29 is 0 Å². The van der Waals surface area contributed by atoms with Gasteiger partial charge in [-0.15, -0.1) is 0 Å². The van der Waals surface area contributed by atoms with Crippen molar-refractivity contribution in [2.24, 2.45) is 5.92 Å². The predicted molar refractivity (Wildman–Crippen MR) is 68.2 cm³/mol. The maximum atomic E-state index is 3.88. The Hall–Kier alpha value is -0.0400. The Kier molecular flexibility index (Phi) is 6.31. The van der Waals surface area contributed by atoms with Crippen LogP contribution in [0.1, 0.15) is 72.1 Å². The highest BCUT2D eigenvalue weighted by Gasteiger charge is 2.20. The SMILES string of the molecule is CCCC(CCC)NC1CCC(C)CC1. The van der Waals surface area contributed by atoms with Crippen molar-refractivity contribution in [2.75, 3.05) is 0 Å². The van der Waals surface area contributed by atoms with Crippen LogP contribution in [0.3, 0.4) is 0 Å². The molecule has 1 heteroatoms. The minimum atomic E-state index is 0.790. The molecule has 1 nitrogen and oxygen atoms in total. The van der Waals surface area contributed by atoms with Crippen LogP contribution in [0.4, 0.5) is 0 Å². The summed E-state index contributed by atoms with van der Waals surface area (Å²) in [5, 5.41) is 3.88. The van der Waals surface area contributed by atoms with Crippen LogP contribution in [0.25, 0.3) is 0 Å². The van der Waals surface area contributed by atoms with E-state index in [1.807, 2.05) is 0 Å². The summed E-state index contributed by atoms with van der Waals surface area (Å²) in [5.41, 5.74) is 0. The number of hydrogen-bond donors (Lipinski definition) is 1. The molecule has 0 saturated heterocycles. The fourth-order valence-corrected chi connectivity index (χ4v) is 2.77. The highest BCUT2D eigenvalue weighted by molar-refractivity contribution is 4.79. The maximum Gasteiger partial charge on any atom is 0.00698 e. The van der Waals surface area contributed by atoms with Gasteiger partial charge in [0.25, 0.3) is 0 Å². The summed E-state index contributed by atoms with van der Waals surface area (Å²) in [6.45, 7) is 6.99. The third-order valence-corrected chi connectivity index (χ3v) is 3.76. The van der Waals surface area contributed by atoms with Gasteiger partial charge < -0.3 is 5.32 Å². The van der Waals surface area contributed by atoms with Gasteiger partial charge in [-0.1, -0.05) is 33.6 Å². The molecule has 0 aromatic heterocycles. The second-order valence-corrected chi connectivity index (χ2v) is 5.40. The van der Waals surface area contributed by atoms with Crippen molar-refractivity contribution in [1.29, 1.82) is 0 Å². The van der Waals surface area contributed by atoms with Crippen molar-refractivity contribution in [2.45, 2.75) is 84.2 Å². The topological polar surface area (TPSA) is 12.0 Å². The van der Waals surface area contributed by atoms with Gasteiger partial charge >= 0.3 is 0 Å². The molecule has 0 heterocycles. The fraction of sp³-hybridized carbons (Fsp3) is 1.00. The molecule has 1 aliphatic carbocycles. The second-order valence-electron chi connectivity index (χ2n) is 5.40. The average molecular weight is 211 g/mol. The van der Waals surface area contributed by atoms with Gasteiger partial charge in [0.05, 0.1) is 0 Å². The first-order valence-corrected chi connectivity index (χ1v) is 7.02. The molecule has 1 N–H and O–H groups in total. The third kappa shape index (κ3) is 5.01. The quantitative estimate of drug-likeness (QED) is 0.697. The molecule has 90 valence electrons. The second kappa shape index (κ2) is 7.27. The molecule has 1 fully saturated rings. The van der Waals surface area contributed by atoms with Crippen LogP contribution >= 0.6 is 0 Å². The van der Waals surface area contributed by atoms with E-state index in [-0.39, 0.29) is 0 Å². The molecule has 15 heavy (non-hydrogen) atoms. The summed E-state index contributed by atoms with van der Waals surface area (Å²) in [5.74, 6) is 0.971. The molecular formula is C14H29N. The van der Waals surface area contributed by atoms with E-state index in [2.05, 4.69) is 26.1 Å². The van der Waals surface area contributed by atoms with Gasteiger partial charge in [0.15, 0.2) is 0 Å². The predicted octanol–water partition coefficient (Wildman–Crippen LogP) is 4.12. The van der Waals surface area contributed by atoms with Crippen molar-refractivity contribution in [1.82, 2.24) is 5.32 Å². The minimum absolute atomic E-state index is 0.790. The minimum Gasteiger partial charge on any atom is -0.311 e. The first-order valence-electron chi connectivity index (χ1n) is 7.02. The highest BCUT2D eigenvalue weighted by atomic mass is 14.9. The van der Waals surface area contributed by atoms with Crippen molar-refractivity contribution in [3.8, 4) is 0 Å². The lowest BCUT2D eigenvalue weighted by molar-refractivity contribution is 0.274. The summed E-state index contributed by atoms with van der Waals surface area (Å²) >= 11 is 0. The van der Waals surface area contributed by atoms with Gasteiger partial charge in [-0.2, -0.15) is 0 Å². The van der Waals surface area contributed by atoms with Gasteiger partial charge in [-0.05, 0) is 44.4 Å². The highest BCUT2D eigenvalue weighted by Crippen LogP contribution is 2.24.